The van der Waals surface area contributed by atoms with Crippen LogP contribution < -0.4 is 11.3 Å². The van der Waals surface area contributed by atoms with Gasteiger partial charge < -0.3 is 10.7 Å². The van der Waals surface area contributed by atoms with Crippen molar-refractivity contribution in [2.45, 2.75) is 19.8 Å². The largest absolute Gasteiger partial charge is 0.382 e. The van der Waals surface area contributed by atoms with Crippen molar-refractivity contribution in [1.29, 1.82) is 0 Å². The molecule has 3 N–H and O–H groups in total. The average molecular weight is 452 g/mol. The summed E-state index contributed by atoms with van der Waals surface area (Å²) in [5.74, 6) is -1.47. The number of aromatic nitrogens is 5. The van der Waals surface area contributed by atoms with Gasteiger partial charge in [-0.1, -0.05) is 19.4 Å². The number of H-pyrrole nitrogens is 1. The normalized spacial score (nSPS) is 10.9. The van der Waals surface area contributed by atoms with Gasteiger partial charge in [-0.25, -0.2) is 28.1 Å². The smallest absolute Gasteiger partial charge is 0.263 e. The minimum absolute atomic E-state index is 0.133. The summed E-state index contributed by atoms with van der Waals surface area (Å²) < 4.78 is 42.2. The number of nitrogen functional groups attached to an aromatic ring is 1. The lowest BCUT2D eigenvalue weighted by atomic mass is 10.1. The summed E-state index contributed by atoms with van der Waals surface area (Å²) in [6.45, 7) is 1.92. The van der Waals surface area contributed by atoms with Gasteiger partial charge in [0.15, 0.2) is 11.5 Å². The van der Waals surface area contributed by atoms with Gasteiger partial charge in [0.1, 0.15) is 29.3 Å². The van der Waals surface area contributed by atoms with Crippen LogP contribution in [0.5, 0.6) is 0 Å². The molecule has 0 bridgehead atoms. The molecule has 0 aliphatic rings. The lowest BCUT2D eigenvalue weighted by Crippen LogP contribution is -2.23. The Labute approximate surface area is 185 Å². The maximum atomic E-state index is 14.1. The molecular formula is C23H19F3N6O. The number of benzene rings is 2. The highest BCUT2D eigenvalue weighted by atomic mass is 19.1. The zero-order chi connectivity index (χ0) is 23.5. The monoisotopic (exact) mass is 452 g/mol. The fraction of sp³-hybridized carbons (Fsp3) is 0.130. The molecule has 0 spiro atoms. The Bertz CT molecular complexity index is 1510. The minimum Gasteiger partial charge on any atom is -0.382 e. The fourth-order valence-corrected chi connectivity index (χ4v) is 3.48. The van der Waals surface area contributed by atoms with E-state index in [1.807, 2.05) is 6.92 Å². The molecule has 2 aromatic carbocycles. The van der Waals surface area contributed by atoms with Gasteiger partial charge in [0.2, 0.25) is 0 Å². The summed E-state index contributed by atoms with van der Waals surface area (Å²) >= 11 is 0. The Morgan fingerprint density at radius 2 is 1.76 bits per heavy atom. The number of aryl methyl sites for hydroxylation is 1. The molecule has 5 aromatic rings. The summed E-state index contributed by atoms with van der Waals surface area (Å²) in [7, 11) is 0. The van der Waals surface area contributed by atoms with Crippen molar-refractivity contribution >= 4 is 27.8 Å². The Balaban J connectivity index is 0.000000214. The maximum absolute atomic E-state index is 14.1. The number of nitrogens with two attached hydrogens (primary N) is 1. The van der Waals surface area contributed by atoms with Gasteiger partial charge in [-0.15, -0.1) is 0 Å². The second kappa shape index (κ2) is 9.11. The van der Waals surface area contributed by atoms with Gasteiger partial charge in [-0.3, -0.25) is 9.36 Å². The van der Waals surface area contributed by atoms with Crippen molar-refractivity contribution in [1.82, 2.24) is 24.5 Å². The van der Waals surface area contributed by atoms with E-state index in [-0.39, 0.29) is 11.1 Å². The third kappa shape index (κ3) is 4.40. The second-order valence-corrected chi connectivity index (χ2v) is 7.21. The molecule has 0 unspecified atom stereocenters. The highest BCUT2D eigenvalue weighted by molar-refractivity contribution is 5.82. The van der Waals surface area contributed by atoms with E-state index in [1.54, 1.807) is 6.07 Å². The molecule has 5 rings (SSSR count). The zero-order valence-corrected chi connectivity index (χ0v) is 17.5. The van der Waals surface area contributed by atoms with Gasteiger partial charge in [-0.2, -0.15) is 0 Å². The average Bonchev–Trinajstić information content (AvgIpc) is 3.28. The molecule has 168 valence electrons. The third-order valence-corrected chi connectivity index (χ3v) is 4.97. The van der Waals surface area contributed by atoms with Crippen LogP contribution in [0.25, 0.3) is 27.6 Å². The first-order valence-electron chi connectivity index (χ1n) is 10.1. The van der Waals surface area contributed by atoms with Crippen LogP contribution in [0.3, 0.4) is 0 Å². The first-order valence-corrected chi connectivity index (χ1v) is 10.1. The number of fused-ring (bicyclic) bond motifs is 2. The molecule has 0 saturated carbocycles. The quantitative estimate of drug-likeness (QED) is 0.425. The number of nitrogens with one attached hydrogen (secondary N) is 1. The van der Waals surface area contributed by atoms with Gasteiger partial charge in [0.05, 0.1) is 17.4 Å². The molecule has 3 aromatic heterocycles. The van der Waals surface area contributed by atoms with Crippen LogP contribution in [-0.4, -0.2) is 24.5 Å². The molecule has 0 atom stereocenters. The summed E-state index contributed by atoms with van der Waals surface area (Å²) in [4.78, 5) is 27.1. The van der Waals surface area contributed by atoms with Crippen molar-refractivity contribution in [2.75, 3.05) is 5.73 Å². The minimum atomic E-state index is -0.707. The second-order valence-electron chi connectivity index (χ2n) is 7.21. The Morgan fingerprint density at radius 1 is 1.00 bits per heavy atom. The molecule has 10 heteroatoms. The van der Waals surface area contributed by atoms with Crippen LogP contribution >= 0.6 is 0 Å². The predicted octanol–water partition coefficient (Wildman–Crippen LogP) is 4.30. The van der Waals surface area contributed by atoms with Crippen molar-refractivity contribution in [3.05, 3.63) is 88.6 Å². The lowest BCUT2D eigenvalue weighted by molar-refractivity contribution is 0.588. The number of halogens is 3. The number of aromatic amines is 1. The molecule has 0 saturated heterocycles. The SMILES string of the molecule is CCCc1cc2ccc(F)cc2c(=O)n1-c1cc(F)ccc1F.Nc1ncnc2nc[nH]c12. The molecule has 0 fully saturated rings. The van der Waals surface area contributed by atoms with E-state index in [0.717, 1.165) is 35.3 Å². The van der Waals surface area contributed by atoms with Crippen molar-refractivity contribution in [2.24, 2.45) is 0 Å². The molecule has 33 heavy (non-hydrogen) atoms. The van der Waals surface area contributed by atoms with Gasteiger partial charge in [-0.05, 0) is 42.1 Å². The Morgan fingerprint density at radius 3 is 2.52 bits per heavy atom. The predicted molar refractivity (Wildman–Crippen MR) is 120 cm³/mol. The van der Waals surface area contributed by atoms with Gasteiger partial charge in [0.25, 0.3) is 5.56 Å². The van der Waals surface area contributed by atoms with E-state index in [4.69, 9.17) is 5.73 Å². The van der Waals surface area contributed by atoms with Crippen LogP contribution in [0, 0.1) is 17.5 Å². The van der Waals surface area contributed by atoms with Crippen LogP contribution in [0.2, 0.25) is 0 Å². The van der Waals surface area contributed by atoms with Crippen molar-refractivity contribution in [3.63, 3.8) is 0 Å². The first-order chi connectivity index (χ1) is 15.9. The van der Waals surface area contributed by atoms with Crippen LogP contribution in [0.1, 0.15) is 19.0 Å². The van der Waals surface area contributed by atoms with E-state index in [1.165, 1.54) is 24.8 Å². The summed E-state index contributed by atoms with van der Waals surface area (Å²) in [5, 5.41) is 0.710. The Hall–Kier alpha value is -4.21. The molecule has 7 nitrogen and oxygen atoms in total. The van der Waals surface area contributed by atoms with E-state index in [2.05, 4.69) is 19.9 Å². The summed E-state index contributed by atoms with van der Waals surface area (Å²) in [6.07, 6.45) is 4.16. The molecule has 0 aliphatic carbocycles. The number of hydrogen-bond donors (Lipinski definition) is 2. The molecule has 0 aliphatic heterocycles. The highest BCUT2D eigenvalue weighted by Gasteiger charge is 2.15. The van der Waals surface area contributed by atoms with E-state index in [0.29, 0.717) is 34.5 Å². The number of hydrogen-bond acceptors (Lipinski definition) is 5. The van der Waals surface area contributed by atoms with Gasteiger partial charge >= 0.3 is 0 Å². The zero-order valence-electron chi connectivity index (χ0n) is 17.5. The number of pyridine rings is 1. The molecule has 3 heterocycles. The highest BCUT2D eigenvalue weighted by Crippen LogP contribution is 2.21. The summed E-state index contributed by atoms with van der Waals surface area (Å²) in [5.41, 5.74) is 6.61. The van der Waals surface area contributed by atoms with Crippen molar-refractivity contribution < 1.29 is 13.2 Å². The maximum Gasteiger partial charge on any atom is 0.263 e. The molecular weight excluding hydrogens is 433 g/mol. The van der Waals surface area contributed by atoms with Crippen molar-refractivity contribution in [3.8, 4) is 5.69 Å². The molecule has 0 amide bonds. The van der Waals surface area contributed by atoms with Gasteiger partial charge in [0, 0.05) is 11.8 Å². The van der Waals surface area contributed by atoms with E-state index in [9.17, 15) is 18.0 Å². The third-order valence-electron chi connectivity index (χ3n) is 4.97. The fourth-order valence-electron chi connectivity index (χ4n) is 3.48. The van der Waals surface area contributed by atoms with Crippen LogP contribution in [-0.2, 0) is 6.42 Å². The number of nitrogens with zero attached hydrogens (tertiary/aromatic N) is 4. The first kappa shape index (κ1) is 22.0. The number of imidazole rings is 1. The van der Waals surface area contributed by atoms with E-state index < -0.39 is 23.0 Å². The lowest BCUT2D eigenvalue weighted by Gasteiger charge is -2.15. The van der Waals surface area contributed by atoms with Crippen LogP contribution in [0.15, 0.2) is 59.9 Å². The number of rotatable bonds is 3. The van der Waals surface area contributed by atoms with E-state index >= 15 is 0 Å². The Kier molecular flexibility index (Phi) is 6.07. The number of anilines is 1. The standard InChI is InChI=1S/C18H14F3NO.C5H5N5/c1-2-3-14-8-11-4-5-12(19)9-15(11)18(23)22(14)17-10-13(20)6-7-16(17)21;6-4-3-5(9-1-7-3)10-2-8-4/h4-10H,2-3H2,1H3;1-2H,(H3,6,7,8,9,10). The topological polar surface area (TPSA) is 102 Å². The molecule has 0 radical (unpaired) electrons. The summed E-state index contributed by atoms with van der Waals surface area (Å²) in [6, 6.07) is 8.54. The van der Waals surface area contributed by atoms with Crippen LogP contribution in [0.4, 0.5) is 19.0 Å².